The molecule has 0 saturated heterocycles. The molecule has 1 unspecified atom stereocenters. The Labute approximate surface area is 81.5 Å². The summed E-state index contributed by atoms with van der Waals surface area (Å²) in [5.74, 6) is 0.824. The molecule has 0 N–H and O–H groups in total. The van der Waals surface area contributed by atoms with E-state index in [1.54, 1.807) is 0 Å². The zero-order valence-corrected chi connectivity index (χ0v) is 9.02. The van der Waals surface area contributed by atoms with Crippen molar-refractivity contribution in [2.45, 2.75) is 46.5 Å². The highest BCUT2D eigenvalue weighted by Gasteiger charge is 2.06. The Bertz CT molecular complexity index is 209. The summed E-state index contributed by atoms with van der Waals surface area (Å²) >= 11 is 0. The number of carbonyl (C=O) groups excluding carboxylic acids is 1. The molecule has 0 aliphatic rings. The summed E-state index contributed by atoms with van der Waals surface area (Å²) < 4.78 is 0. The van der Waals surface area contributed by atoms with Crippen molar-refractivity contribution >= 4 is 5.78 Å². The van der Waals surface area contributed by atoms with Gasteiger partial charge in [-0.25, -0.2) is 0 Å². The lowest BCUT2D eigenvalue weighted by Crippen LogP contribution is -2.02. The van der Waals surface area contributed by atoms with Gasteiger partial charge in [0.1, 0.15) is 5.78 Å². The lowest BCUT2D eigenvalue weighted by Gasteiger charge is -2.08. The highest BCUT2D eigenvalue weighted by Crippen LogP contribution is 2.15. The van der Waals surface area contributed by atoms with Gasteiger partial charge in [-0.2, -0.15) is 0 Å². The molecular formula is C12H20O. The van der Waals surface area contributed by atoms with Gasteiger partial charge in [0.25, 0.3) is 0 Å². The molecule has 0 rings (SSSR count). The molecule has 0 aromatic rings. The minimum absolute atomic E-state index is 0.381. The van der Waals surface area contributed by atoms with E-state index in [4.69, 9.17) is 0 Å². The molecule has 0 aromatic carbocycles. The number of Topliss-reactive ketones (excluding diaryl/α,β-unsaturated/α-hetero) is 1. The third kappa shape index (κ3) is 5.43. The molecule has 0 saturated carbocycles. The highest BCUT2D eigenvalue weighted by atomic mass is 16.1. The fourth-order valence-corrected chi connectivity index (χ4v) is 1.17. The van der Waals surface area contributed by atoms with Crippen molar-refractivity contribution in [1.29, 1.82) is 0 Å². The molecule has 0 aliphatic heterocycles. The van der Waals surface area contributed by atoms with Crippen LogP contribution in [0.5, 0.6) is 0 Å². The average Bonchev–Trinajstić information content (AvgIpc) is 2.13. The van der Waals surface area contributed by atoms with Crippen LogP contribution < -0.4 is 0 Å². The van der Waals surface area contributed by atoms with Gasteiger partial charge in [-0.1, -0.05) is 20.4 Å². The predicted octanol–water partition coefficient (Wildman–Crippen LogP) is 3.50. The molecule has 0 amide bonds. The Kier molecular flexibility index (Phi) is 6.26. The van der Waals surface area contributed by atoms with Gasteiger partial charge in [0.2, 0.25) is 0 Å². The first kappa shape index (κ1) is 12.2. The van der Waals surface area contributed by atoms with Crippen molar-refractivity contribution in [3.05, 3.63) is 17.9 Å². The Morgan fingerprint density at radius 3 is 2.54 bits per heavy atom. The van der Waals surface area contributed by atoms with Gasteiger partial charge in [0.05, 0.1) is 0 Å². The average molecular weight is 180 g/mol. The largest absolute Gasteiger partial charge is 0.300 e. The van der Waals surface area contributed by atoms with E-state index in [0.29, 0.717) is 18.1 Å². The summed E-state index contributed by atoms with van der Waals surface area (Å²) in [5.41, 5.74) is 4.03. The molecular weight excluding hydrogens is 160 g/mol. The zero-order valence-electron chi connectivity index (χ0n) is 9.02. The predicted molar refractivity (Wildman–Crippen MR) is 56.6 cm³/mol. The van der Waals surface area contributed by atoms with Crippen molar-refractivity contribution in [1.82, 2.24) is 0 Å². The van der Waals surface area contributed by atoms with Gasteiger partial charge in [-0.15, -0.1) is 5.73 Å². The molecule has 1 nitrogen and oxygen atoms in total. The van der Waals surface area contributed by atoms with E-state index in [1.165, 1.54) is 0 Å². The lowest BCUT2D eigenvalue weighted by molar-refractivity contribution is -0.119. The number of carbonyl (C=O) groups is 1. The molecule has 74 valence electrons. The maximum absolute atomic E-state index is 11.2. The van der Waals surface area contributed by atoms with E-state index >= 15 is 0 Å². The second-order valence-electron chi connectivity index (χ2n) is 3.59. The van der Waals surface area contributed by atoms with Crippen LogP contribution in [0, 0.1) is 5.92 Å². The van der Waals surface area contributed by atoms with E-state index in [-0.39, 0.29) is 0 Å². The second-order valence-corrected chi connectivity index (χ2v) is 3.59. The van der Waals surface area contributed by atoms with Crippen LogP contribution in [0.15, 0.2) is 17.9 Å². The molecule has 1 atom stereocenters. The minimum Gasteiger partial charge on any atom is -0.300 e. The fraction of sp³-hybridized carbons (Fsp3) is 0.667. The molecule has 0 aliphatic carbocycles. The van der Waals surface area contributed by atoms with Gasteiger partial charge < -0.3 is 0 Å². The SMILES string of the molecule is C=C=C(C)C(C)CCC(=O)CCC. The molecule has 13 heavy (non-hydrogen) atoms. The number of allylic oxidation sites excluding steroid dienone is 1. The van der Waals surface area contributed by atoms with Gasteiger partial charge in [0, 0.05) is 12.8 Å². The van der Waals surface area contributed by atoms with Gasteiger partial charge in [-0.05, 0) is 31.3 Å². The third-order valence-corrected chi connectivity index (χ3v) is 2.40. The maximum atomic E-state index is 11.2. The van der Waals surface area contributed by atoms with Crippen LogP contribution in [0.2, 0.25) is 0 Å². The normalized spacial score (nSPS) is 11.9. The minimum atomic E-state index is 0.381. The summed E-state index contributed by atoms with van der Waals surface area (Å²) in [5, 5.41) is 0. The first-order chi connectivity index (χ1) is 6.11. The van der Waals surface area contributed by atoms with E-state index in [1.807, 2.05) is 13.8 Å². The Balaban J connectivity index is 3.76. The van der Waals surface area contributed by atoms with E-state index < -0.39 is 0 Å². The molecule has 0 heterocycles. The van der Waals surface area contributed by atoms with E-state index in [2.05, 4.69) is 19.2 Å². The van der Waals surface area contributed by atoms with Gasteiger partial charge in [-0.3, -0.25) is 4.79 Å². The van der Waals surface area contributed by atoms with Crippen LogP contribution in [0.4, 0.5) is 0 Å². The van der Waals surface area contributed by atoms with Crippen molar-refractivity contribution in [2.75, 3.05) is 0 Å². The van der Waals surface area contributed by atoms with E-state index in [0.717, 1.165) is 24.8 Å². The summed E-state index contributed by atoms with van der Waals surface area (Å²) in [7, 11) is 0. The van der Waals surface area contributed by atoms with Gasteiger partial charge in [0.15, 0.2) is 0 Å². The second kappa shape index (κ2) is 6.68. The van der Waals surface area contributed by atoms with Crippen molar-refractivity contribution in [2.24, 2.45) is 5.92 Å². The number of hydrogen-bond donors (Lipinski definition) is 0. The topological polar surface area (TPSA) is 17.1 Å². The van der Waals surface area contributed by atoms with Gasteiger partial charge >= 0.3 is 0 Å². The van der Waals surface area contributed by atoms with Crippen LogP contribution >= 0.6 is 0 Å². The summed E-state index contributed by atoms with van der Waals surface area (Å²) in [4.78, 5) is 11.2. The molecule has 0 spiro atoms. The number of rotatable bonds is 6. The molecule has 0 fully saturated rings. The van der Waals surface area contributed by atoms with Crippen molar-refractivity contribution in [3.63, 3.8) is 0 Å². The third-order valence-electron chi connectivity index (χ3n) is 2.40. The standard InChI is InChI=1S/C12H20O/c1-5-7-12(13)9-8-11(4)10(3)6-2/h11H,2,5,7-9H2,1,3-4H3. The first-order valence-corrected chi connectivity index (χ1v) is 5.00. The Morgan fingerprint density at radius 2 is 2.08 bits per heavy atom. The number of ketones is 1. The summed E-state index contributed by atoms with van der Waals surface area (Å²) in [6, 6.07) is 0. The highest BCUT2D eigenvalue weighted by molar-refractivity contribution is 5.78. The molecule has 0 bridgehead atoms. The smallest absolute Gasteiger partial charge is 0.132 e. The molecule has 1 heteroatoms. The van der Waals surface area contributed by atoms with Crippen molar-refractivity contribution < 1.29 is 4.79 Å². The van der Waals surface area contributed by atoms with Crippen LogP contribution in [0.3, 0.4) is 0 Å². The van der Waals surface area contributed by atoms with Crippen LogP contribution in [-0.2, 0) is 4.79 Å². The van der Waals surface area contributed by atoms with Crippen LogP contribution in [0.1, 0.15) is 46.5 Å². The van der Waals surface area contributed by atoms with Crippen LogP contribution in [-0.4, -0.2) is 5.78 Å². The first-order valence-electron chi connectivity index (χ1n) is 5.00. The summed E-state index contributed by atoms with van der Waals surface area (Å²) in [6.45, 7) is 9.77. The fourth-order valence-electron chi connectivity index (χ4n) is 1.17. The Hall–Kier alpha value is -0.810. The van der Waals surface area contributed by atoms with E-state index in [9.17, 15) is 4.79 Å². The zero-order chi connectivity index (χ0) is 10.3. The lowest BCUT2D eigenvalue weighted by atomic mass is 9.96. The number of hydrogen-bond acceptors (Lipinski definition) is 1. The quantitative estimate of drug-likeness (QED) is 0.572. The molecule has 0 aromatic heterocycles. The molecule has 0 radical (unpaired) electrons. The van der Waals surface area contributed by atoms with Crippen molar-refractivity contribution in [3.8, 4) is 0 Å². The monoisotopic (exact) mass is 180 g/mol. The Morgan fingerprint density at radius 1 is 1.46 bits per heavy atom. The summed E-state index contributed by atoms with van der Waals surface area (Å²) in [6.07, 6.45) is 3.33. The van der Waals surface area contributed by atoms with Crippen LogP contribution in [0.25, 0.3) is 0 Å². The maximum Gasteiger partial charge on any atom is 0.132 e.